The fourth-order valence-corrected chi connectivity index (χ4v) is 3.54. The molecule has 0 spiro atoms. The molecule has 1 aliphatic rings. The zero-order valence-electron chi connectivity index (χ0n) is 18.7. The average Bonchev–Trinajstić information content (AvgIpc) is 3.02. The van der Waals surface area contributed by atoms with Crippen molar-refractivity contribution < 1.29 is 24.8 Å². The molecule has 170 valence electrons. The number of rotatable bonds is 7. The van der Waals surface area contributed by atoms with Gasteiger partial charge in [0.05, 0.1) is 18.2 Å². The van der Waals surface area contributed by atoms with E-state index in [1.54, 1.807) is 23.7 Å². The zero-order chi connectivity index (χ0) is 22.1. The van der Waals surface area contributed by atoms with Crippen LogP contribution in [0.2, 0.25) is 0 Å². The molecule has 1 N–H and O–H groups in total. The second kappa shape index (κ2) is 11.7. The van der Waals surface area contributed by atoms with Crippen molar-refractivity contribution in [2.45, 2.75) is 65.6 Å². The maximum absolute atomic E-state index is 14.6. The van der Waals surface area contributed by atoms with E-state index >= 15 is 0 Å². The molecule has 2 aromatic rings. The Bertz CT molecular complexity index is 823. The minimum Gasteiger partial charge on any atom is -0.491 e. The van der Waals surface area contributed by atoms with E-state index < -0.39 is 0 Å². The Labute approximate surface area is 179 Å². The van der Waals surface area contributed by atoms with E-state index in [9.17, 15) is 9.18 Å². The summed E-state index contributed by atoms with van der Waals surface area (Å²) in [6.45, 7) is 9.16. The Hall–Kier alpha value is -2.35. The number of imidazole rings is 1. The van der Waals surface area contributed by atoms with Crippen molar-refractivity contribution in [2.24, 2.45) is 7.05 Å². The van der Waals surface area contributed by atoms with Gasteiger partial charge in [0.1, 0.15) is 11.6 Å². The number of nitrogens with one attached hydrogen (secondary N) is 1. The second-order valence-electron chi connectivity index (χ2n) is 7.19. The number of carbonyl (C=O) groups excluding carboxylic acids is 1. The van der Waals surface area contributed by atoms with Crippen molar-refractivity contribution >= 4 is 16.9 Å². The number of hydrogen-bond donors (Lipinski definition) is 1. The SMILES string of the molecule is CCNC(C)=O.CCOc1ccc2nc(OC3CCC(OCC)CC3)n(C)c2c1F.[HH]. The van der Waals surface area contributed by atoms with Gasteiger partial charge in [0, 0.05) is 28.5 Å². The van der Waals surface area contributed by atoms with Crippen LogP contribution in [0.4, 0.5) is 4.39 Å². The number of amides is 1. The highest BCUT2D eigenvalue weighted by Crippen LogP contribution is 2.31. The third kappa shape index (κ3) is 6.32. The summed E-state index contributed by atoms with van der Waals surface area (Å²) in [5.74, 6) is -0.103. The topological polar surface area (TPSA) is 74.6 Å². The van der Waals surface area contributed by atoms with Crippen molar-refractivity contribution in [3.05, 3.63) is 17.9 Å². The molecule has 1 saturated carbocycles. The maximum Gasteiger partial charge on any atom is 0.297 e. The normalized spacial score (nSPS) is 18.5. The van der Waals surface area contributed by atoms with E-state index in [0.717, 1.165) is 38.8 Å². The molecule has 0 bridgehead atoms. The number of hydrogen-bond acceptors (Lipinski definition) is 5. The van der Waals surface area contributed by atoms with Crippen molar-refractivity contribution in [2.75, 3.05) is 19.8 Å². The summed E-state index contributed by atoms with van der Waals surface area (Å²) < 4.78 is 33.3. The highest BCUT2D eigenvalue weighted by atomic mass is 19.1. The molecule has 1 amide bonds. The predicted molar refractivity (Wildman–Crippen MR) is 117 cm³/mol. The molecule has 7 nitrogen and oxygen atoms in total. The first kappa shape index (κ1) is 23.9. The molecular formula is C22H36FN3O4. The molecule has 0 atom stereocenters. The minimum absolute atomic E-state index is 0. The lowest BCUT2D eigenvalue weighted by Gasteiger charge is -2.28. The molecule has 30 heavy (non-hydrogen) atoms. The molecule has 0 aliphatic heterocycles. The third-order valence-corrected chi connectivity index (χ3v) is 4.92. The van der Waals surface area contributed by atoms with Crippen LogP contribution in [0, 0.1) is 5.82 Å². The predicted octanol–water partition coefficient (Wildman–Crippen LogP) is 4.23. The number of aryl methyl sites for hydroxylation is 1. The van der Waals surface area contributed by atoms with Gasteiger partial charge < -0.3 is 19.5 Å². The maximum atomic E-state index is 14.6. The summed E-state index contributed by atoms with van der Waals surface area (Å²) in [6, 6.07) is 3.84. The first-order valence-corrected chi connectivity index (χ1v) is 10.7. The van der Waals surface area contributed by atoms with Crippen LogP contribution in [0.25, 0.3) is 11.0 Å². The summed E-state index contributed by atoms with van der Waals surface area (Å²) >= 11 is 0. The fourth-order valence-electron chi connectivity index (χ4n) is 3.54. The standard InChI is InChI=1S/C18H25FN2O3.C4H9NO.H2/c1-4-22-12-6-8-13(9-7-12)24-18-20-14-10-11-15(23-5-2)16(19)17(14)21(18)3;1-3-5-4(2)6;/h10-13H,4-9H2,1-3H3;3H2,1-2H3,(H,5,6);1H. The van der Waals surface area contributed by atoms with E-state index in [1.165, 1.54) is 6.92 Å². The van der Waals surface area contributed by atoms with Crippen LogP contribution in [-0.4, -0.2) is 47.4 Å². The van der Waals surface area contributed by atoms with Crippen molar-refractivity contribution in [1.82, 2.24) is 14.9 Å². The van der Waals surface area contributed by atoms with E-state index in [1.807, 2.05) is 20.8 Å². The van der Waals surface area contributed by atoms with Gasteiger partial charge in [-0.25, -0.2) is 4.39 Å². The van der Waals surface area contributed by atoms with Crippen LogP contribution in [0.5, 0.6) is 11.8 Å². The van der Waals surface area contributed by atoms with Crippen LogP contribution in [0.3, 0.4) is 0 Å². The molecular weight excluding hydrogens is 389 g/mol. The first-order chi connectivity index (χ1) is 14.4. The van der Waals surface area contributed by atoms with Crippen LogP contribution in [0.15, 0.2) is 12.1 Å². The van der Waals surface area contributed by atoms with Gasteiger partial charge in [0.15, 0.2) is 11.6 Å². The van der Waals surface area contributed by atoms with E-state index in [-0.39, 0.29) is 25.0 Å². The largest absolute Gasteiger partial charge is 0.491 e. The summed E-state index contributed by atoms with van der Waals surface area (Å²) in [4.78, 5) is 14.4. The fraction of sp³-hybridized carbons (Fsp3) is 0.636. The average molecular weight is 426 g/mol. The number of carbonyl (C=O) groups is 1. The molecule has 3 rings (SSSR count). The Balaban J connectivity index is 0.000000607. The van der Waals surface area contributed by atoms with Crippen molar-refractivity contribution in [1.29, 1.82) is 0 Å². The highest BCUT2D eigenvalue weighted by molar-refractivity contribution is 5.79. The third-order valence-electron chi connectivity index (χ3n) is 4.92. The molecule has 0 unspecified atom stereocenters. The first-order valence-electron chi connectivity index (χ1n) is 10.7. The van der Waals surface area contributed by atoms with Gasteiger partial charge in [-0.3, -0.25) is 9.36 Å². The minimum atomic E-state index is -0.390. The molecule has 8 heteroatoms. The number of fused-ring (bicyclic) bond motifs is 1. The molecule has 1 fully saturated rings. The van der Waals surface area contributed by atoms with Gasteiger partial charge in [-0.15, -0.1) is 0 Å². The molecule has 0 saturated heterocycles. The lowest BCUT2D eigenvalue weighted by Crippen LogP contribution is -2.29. The number of benzene rings is 1. The van der Waals surface area contributed by atoms with Gasteiger partial charge in [-0.05, 0) is 58.6 Å². The van der Waals surface area contributed by atoms with Gasteiger partial charge in [0.25, 0.3) is 6.01 Å². The van der Waals surface area contributed by atoms with Crippen molar-refractivity contribution in [3.8, 4) is 11.8 Å². The van der Waals surface area contributed by atoms with Crippen LogP contribution < -0.4 is 14.8 Å². The summed E-state index contributed by atoms with van der Waals surface area (Å²) in [5.41, 5.74) is 0.996. The Morgan fingerprint density at radius 1 is 1.20 bits per heavy atom. The van der Waals surface area contributed by atoms with Gasteiger partial charge >= 0.3 is 0 Å². The summed E-state index contributed by atoms with van der Waals surface area (Å²) in [5, 5.41) is 2.57. The molecule has 1 heterocycles. The molecule has 1 aromatic carbocycles. The Kier molecular flexibility index (Phi) is 9.36. The smallest absolute Gasteiger partial charge is 0.297 e. The quantitative estimate of drug-likeness (QED) is 0.719. The number of halogens is 1. The van der Waals surface area contributed by atoms with E-state index in [0.29, 0.717) is 29.8 Å². The van der Waals surface area contributed by atoms with Crippen LogP contribution in [-0.2, 0) is 16.6 Å². The highest BCUT2D eigenvalue weighted by Gasteiger charge is 2.25. The lowest BCUT2D eigenvalue weighted by atomic mass is 9.95. The van der Waals surface area contributed by atoms with E-state index in [2.05, 4.69) is 10.3 Å². The number of ether oxygens (including phenoxy) is 3. The van der Waals surface area contributed by atoms with Crippen LogP contribution >= 0.6 is 0 Å². The second-order valence-corrected chi connectivity index (χ2v) is 7.19. The molecule has 1 aliphatic carbocycles. The van der Waals surface area contributed by atoms with Gasteiger partial charge in [-0.2, -0.15) is 4.98 Å². The van der Waals surface area contributed by atoms with Gasteiger partial charge in [-0.1, -0.05) is 0 Å². The Morgan fingerprint density at radius 2 is 1.87 bits per heavy atom. The monoisotopic (exact) mass is 425 g/mol. The van der Waals surface area contributed by atoms with Crippen LogP contribution in [0.1, 0.15) is 54.8 Å². The Morgan fingerprint density at radius 3 is 2.40 bits per heavy atom. The molecule has 0 radical (unpaired) electrons. The summed E-state index contributed by atoms with van der Waals surface area (Å²) in [7, 11) is 1.77. The van der Waals surface area contributed by atoms with E-state index in [4.69, 9.17) is 14.2 Å². The lowest BCUT2D eigenvalue weighted by molar-refractivity contribution is -0.118. The number of aromatic nitrogens is 2. The van der Waals surface area contributed by atoms with Crippen molar-refractivity contribution in [3.63, 3.8) is 0 Å². The number of nitrogens with zero attached hydrogens (tertiary/aromatic N) is 2. The zero-order valence-corrected chi connectivity index (χ0v) is 18.7. The summed E-state index contributed by atoms with van der Waals surface area (Å²) in [6.07, 6.45) is 4.28. The molecule has 1 aromatic heterocycles. The van der Waals surface area contributed by atoms with Gasteiger partial charge in [0.2, 0.25) is 5.91 Å².